The molecule has 3 aromatic rings. The van der Waals surface area contributed by atoms with Crippen LogP contribution in [0.2, 0.25) is 0 Å². The van der Waals surface area contributed by atoms with Crippen molar-refractivity contribution in [1.82, 2.24) is 5.43 Å². The lowest BCUT2D eigenvalue weighted by molar-refractivity contribution is 0.0929. The SMILES string of the molecule is COc1cc(/C=N\NC(=O)c2cc3cc(Br)cc(Br)c3o2)ccc1OC(C)C. The average Bonchev–Trinajstić information content (AvgIpc) is 3.06. The van der Waals surface area contributed by atoms with Crippen molar-refractivity contribution in [3.05, 3.63) is 56.7 Å². The molecule has 0 fully saturated rings. The van der Waals surface area contributed by atoms with Crippen molar-refractivity contribution in [2.75, 3.05) is 7.11 Å². The lowest BCUT2D eigenvalue weighted by atomic mass is 10.2. The van der Waals surface area contributed by atoms with Gasteiger partial charge in [-0.2, -0.15) is 5.10 Å². The number of nitrogens with zero attached hydrogens (tertiary/aromatic N) is 1. The number of rotatable bonds is 6. The number of nitrogens with one attached hydrogen (secondary N) is 1. The molecule has 1 N–H and O–H groups in total. The van der Waals surface area contributed by atoms with E-state index in [4.69, 9.17) is 13.9 Å². The molecule has 8 heteroatoms. The predicted octanol–water partition coefficient (Wildman–Crippen LogP) is 5.52. The third-order valence-corrected chi connectivity index (χ3v) is 4.74. The zero-order valence-electron chi connectivity index (χ0n) is 15.5. The van der Waals surface area contributed by atoms with Crippen molar-refractivity contribution in [3.8, 4) is 11.5 Å². The zero-order chi connectivity index (χ0) is 20.3. The van der Waals surface area contributed by atoms with Crippen LogP contribution in [0.3, 0.4) is 0 Å². The van der Waals surface area contributed by atoms with E-state index in [1.165, 1.54) is 6.21 Å². The Morgan fingerprint density at radius 1 is 1.18 bits per heavy atom. The van der Waals surface area contributed by atoms with Gasteiger partial charge in [0.25, 0.3) is 0 Å². The summed E-state index contributed by atoms with van der Waals surface area (Å²) < 4.78 is 18.3. The Morgan fingerprint density at radius 3 is 2.68 bits per heavy atom. The quantitative estimate of drug-likeness (QED) is 0.351. The highest BCUT2D eigenvalue weighted by Gasteiger charge is 2.14. The number of methoxy groups -OCH3 is 1. The molecule has 2 aromatic carbocycles. The third kappa shape index (κ3) is 4.74. The standard InChI is InChI=1S/C20H18Br2N2O4/c1-11(2)27-16-5-4-12(6-17(16)26-3)10-23-24-20(25)18-8-13-7-14(21)9-15(22)19(13)28-18/h4-11H,1-3H3,(H,24,25)/b23-10-. The number of carbonyl (C=O) groups is 1. The van der Waals surface area contributed by atoms with E-state index in [0.717, 1.165) is 19.9 Å². The van der Waals surface area contributed by atoms with Gasteiger partial charge in [0.1, 0.15) is 5.58 Å². The molecule has 0 saturated carbocycles. The summed E-state index contributed by atoms with van der Waals surface area (Å²) in [7, 11) is 1.57. The molecule has 0 aliphatic carbocycles. The lowest BCUT2D eigenvalue weighted by Gasteiger charge is -2.13. The number of amides is 1. The van der Waals surface area contributed by atoms with E-state index in [9.17, 15) is 4.79 Å². The molecule has 0 bridgehead atoms. The Morgan fingerprint density at radius 2 is 1.96 bits per heavy atom. The van der Waals surface area contributed by atoms with Crippen LogP contribution < -0.4 is 14.9 Å². The van der Waals surface area contributed by atoms with Crippen molar-refractivity contribution in [2.45, 2.75) is 20.0 Å². The number of benzene rings is 2. The minimum Gasteiger partial charge on any atom is -0.493 e. The number of hydrazone groups is 1. The van der Waals surface area contributed by atoms with Crippen molar-refractivity contribution < 1.29 is 18.7 Å². The fraction of sp³-hybridized carbons (Fsp3) is 0.200. The Hall–Kier alpha value is -2.32. The molecule has 1 aromatic heterocycles. The van der Waals surface area contributed by atoms with Gasteiger partial charge in [-0.3, -0.25) is 4.79 Å². The first-order valence-electron chi connectivity index (χ1n) is 8.44. The summed E-state index contributed by atoms with van der Waals surface area (Å²) in [5.74, 6) is 0.973. The first kappa shape index (κ1) is 20.4. The number of hydrogen-bond donors (Lipinski definition) is 1. The van der Waals surface area contributed by atoms with E-state index in [1.807, 2.05) is 32.0 Å². The summed E-state index contributed by atoms with van der Waals surface area (Å²) in [5, 5.41) is 4.80. The van der Waals surface area contributed by atoms with Gasteiger partial charge in [0.15, 0.2) is 17.3 Å². The van der Waals surface area contributed by atoms with Gasteiger partial charge < -0.3 is 13.9 Å². The summed E-state index contributed by atoms with van der Waals surface area (Å²) in [6.07, 6.45) is 1.56. The Bertz CT molecular complexity index is 1040. The highest BCUT2D eigenvalue weighted by atomic mass is 79.9. The molecule has 28 heavy (non-hydrogen) atoms. The molecule has 0 aliphatic rings. The van der Waals surface area contributed by atoms with Crippen LogP contribution in [0.25, 0.3) is 11.0 Å². The van der Waals surface area contributed by atoms with Gasteiger partial charge in [-0.1, -0.05) is 15.9 Å². The van der Waals surface area contributed by atoms with Gasteiger partial charge in [0, 0.05) is 9.86 Å². The van der Waals surface area contributed by atoms with E-state index in [-0.39, 0.29) is 11.9 Å². The molecule has 0 aliphatic heterocycles. The maximum atomic E-state index is 12.3. The van der Waals surface area contributed by atoms with Crippen LogP contribution in [0.1, 0.15) is 30.0 Å². The van der Waals surface area contributed by atoms with Crippen LogP contribution in [0.4, 0.5) is 0 Å². The van der Waals surface area contributed by atoms with Gasteiger partial charge >= 0.3 is 5.91 Å². The second-order valence-corrected chi connectivity index (χ2v) is 7.96. The van der Waals surface area contributed by atoms with Gasteiger partial charge in [0.2, 0.25) is 0 Å². The summed E-state index contributed by atoms with van der Waals surface area (Å²) in [6.45, 7) is 3.89. The van der Waals surface area contributed by atoms with E-state index in [0.29, 0.717) is 17.1 Å². The molecule has 1 amide bonds. The zero-order valence-corrected chi connectivity index (χ0v) is 18.6. The van der Waals surface area contributed by atoms with Crippen molar-refractivity contribution >= 4 is 55.0 Å². The monoisotopic (exact) mass is 508 g/mol. The van der Waals surface area contributed by atoms with Crippen LogP contribution in [0.15, 0.2) is 54.9 Å². The minimum atomic E-state index is -0.442. The van der Waals surface area contributed by atoms with Gasteiger partial charge in [0.05, 0.1) is 23.9 Å². The van der Waals surface area contributed by atoms with Gasteiger partial charge in [-0.25, -0.2) is 5.43 Å². The minimum absolute atomic E-state index is 0.0391. The molecule has 146 valence electrons. The van der Waals surface area contributed by atoms with Crippen LogP contribution in [-0.4, -0.2) is 25.3 Å². The van der Waals surface area contributed by atoms with E-state index < -0.39 is 5.91 Å². The summed E-state index contributed by atoms with van der Waals surface area (Å²) >= 11 is 6.83. The molecule has 0 saturated heterocycles. The van der Waals surface area contributed by atoms with Crippen LogP contribution in [0, 0.1) is 0 Å². The molecule has 1 heterocycles. The number of ether oxygens (including phenoxy) is 2. The van der Waals surface area contributed by atoms with Gasteiger partial charge in [-0.05, 0) is 71.7 Å². The van der Waals surface area contributed by atoms with E-state index in [2.05, 4.69) is 42.4 Å². The molecule has 0 atom stereocenters. The van der Waals surface area contributed by atoms with E-state index in [1.54, 1.807) is 25.3 Å². The van der Waals surface area contributed by atoms with Crippen molar-refractivity contribution in [2.24, 2.45) is 5.10 Å². The summed E-state index contributed by atoms with van der Waals surface area (Å²) in [5.41, 5.74) is 3.82. The largest absolute Gasteiger partial charge is 0.493 e. The molecule has 0 radical (unpaired) electrons. The lowest BCUT2D eigenvalue weighted by Crippen LogP contribution is -2.16. The molecule has 0 spiro atoms. The Kier molecular flexibility index (Phi) is 6.41. The maximum absolute atomic E-state index is 12.3. The van der Waals surface area contributed by atoms with Crippen molar-refractivity contribution in [1.29, 1.82) is 0 Å². The van der Waals surface area contributed by atoms with Crippen LogP contribution in [0.5, 0.6) is 11.5 Å². The first-order valence-corrected chi connectivity index (χ1v) is 10.0. The fourth-order valence-electron chi connectivity index (χ4n) is 2.52. The third-order valence-electron chi connectivity index (χ3n) is 3.69. The summed E-state index contributed by atoms with van der Waals surface area (Å²) in [6, 6.07) is 10.8. The smallest absolute Gasteiger partial charge is 0.307 e. The van der Waals surface area contributed by atoms with Crippen LogP contribution >= 0.6 is 31.9 Å². The molecular weight excluding hydrogens is 492 g/mol. The summed E-state index contributed by atoms with van der Waals surface area (Å²) in [4.78, 5) is 12.3. The molecule has 0 unspecified atom stereocenters. The topological polar surface area (TPSA) is 73.1 Å². The highest BCUT2D eigenvalue weighted by molar-refractivity contribution is 9.11. The number of hydrogen-bond acceptors (Lipinski definition) is 5. The second-order valence-electron chi connectivity index (χ2n) is 6.19. The van der Waals surface area contributed by atoms with E-state index >= 15 is 0 Å². The highest BCUT2D eigenvalue weighted by Crippen LogP contribution is 2.31. The van der Waals surface area contributed by atoms with Gasteiger partial charge in [-0.15, -0.1) is 0 Å². The number of fused-ring (bicyclic) bond motifs is 1. The molecule has 3 rings (SSSR count). The predicted molar refractivity (Wildman–Crippen MR) is 115 cm³/mol. The number of carbonyl (C=O) groups excluding carboxylic acids is 1. The Labute approximate surface area is 179 Å². The van der Waals surface area contributed by atoms with Crippen molar-refractivity contribution in [3.63, 3.8) is 0 Å². The maximum Gasteiger partial charge on any atom is 0.307 e. The fourth-order valence-corrected chi connectivity index (χ4v) is 3.86. The number of halogens is 2. The Balaban J connectivity index is 1.72. The van der Waals surface area contributed by atoms with Crippen LogP contribution in [-0.2, 0) is 0 Å². The second kappa shape index (κ2) is 8.79. The number of furan rings is 1. The normalized spacial score (nSPS) is 11.4. The average molecular weight is 510 g/mol. The first-order chi connectivity index (χ1) is 13.4. The molecular formula is C20H18Br2N2O4. The molecule has 6 nitrogen and oxygen atoms in total.